The average Bonchev–Trinajstić information content (AvgIpc) is 2.76. The lowest BCUT2D eigenvalue weighted by molar-refractivity contribution is -0.158. The number of benzene rings is 1. The molecule has 0 bridgehead atoms. The Kier molecular flexibility index (Phi) is 4.19. The van der Waals surface area contributed by atoms with Crippen LogP contribution in [0.15, 0.2) is 30.3 Å². The third-order valence-corrected chi connectivity index (χ3v) is 2.96. The van der Waals surface area contributed by atoms with Gasteiger partial charge in [0.1, 0.15) is 6.10 Å². The Morgan fingerprint density at radius 1 is 1.47 bits per heavy atom. The molecule has 1 aliphatic heterocycles. The van der Waals surface area contributed by atoms with E-state index in [0.717, 1.165) is 5.56 Å². The van der Waals surface area contributed by atoms with Gasteiger partial charge in [0.25, 0.3) is 5.91 Å². The summed E-state index contributed by atoms with van der Waals surface area (Å²) < 4.78 is 10.8. The summed E-state index contributed by atoms with van der Waals surface area (Å²) in [7, 11) is 0. The van der Waals surface area contributed by atoms with E-state index < -0.39 is 23.9 Å². The smallest absolute Gasteiger partial charge is 0.251 e. The van der Waals surface area contributed by atoms with Crippen molar-refractivity contribution in [1.29, 1.82) is 0 Å². The number of aliphatic hydroxyl groups is 1. The first-order chi connectivity index (χ1) is 8.98. The van der Waals surface area contributed by atoms with Crippen LogP contribution in [0.25, 0.3) is 0 Å². The quantitative estimate of drug-likeness (QED) is 0.845. The van der Waals surface area contributed by atoms with Gasteiger partial charge in [0.05, 0.1) is 6.61 Å². The van der Waals surface area contributed by atoms with E-state index in [1.807, 2.05) is 30.3 Å². The first-order valence-electron chi connectivity index (χ1n) is 6.29. The zero-order valence-electron chi connectivity index (χ0n) is 11.1. The van der Waals surface area contributed by atoms with Crippen molar-refractivity contribution >= 4 is 5.91 Å². The normalized spacial score (nSPS) is 23.0. The first-order valence-corrected chi connectivity index (χ1v) is 6.29. The van der Waals surface area contributed by atoms with E-state index in [9.17, 15) is 9.90 Å². The predicted octanol–water partition coefficient (Wildman–Crippen LogP) is 0.815. The van der Waals surface area contributed by atoms with Gasteiger partial charge in [-0.3, -0.25) is 4.79 Å². The van der Waals surface area contributed by atoms with E-state index in [2.05, 4.69) is 5.32 Å². The summed E-state index contributed by atoms with van der Waals surface area (Å²) in [6.07, 6.45) is -1.84. The fraction of sp³-hybridized carbons (Fsp3) is 0.500. The molecule has 0 aromatic heterocycles. The Morgan fingerprint density at radius 3 is 2.74 bits per heavy atom. The zero-order valence-corrected chi connectivity index (χ0v) is 11.1. The second-order valence-corrected chi connectivity index (χ2v) is 5.02. The number of carbonyl (C=O) groups excluding carboxylic acids is 1. The molecule has 1 heterocycles. The summed E-state index contributed by atoms with van der Waals surface area (Å²) in [6, 6.07) is 9.52. The van der Waals surface area contributed by atoms with Gasteiger partial charge in [-0.25, -0.2) is 0 Å². The molecular weight excluding hydrogens is 246 g/mol. The van der Waals surface area contributed by atoms with Crippen LogP contribution in [-0.4, -0.2) is 35.6 Å². The summed E-state index contributed by atoms with van der Waals surface area (Å²) >= 11 is 0. The Balaban J connectivity index is 1.83. The molecule has 2 atom stereocenters. The van der Waals surface area contributed by atoms with Gasteiger partial charge >= 0.3 is 0 Å². The van der Waals surface area contributed by atoms with Gasteiger partial charge < -0.3 is 19.9 Å². The van der Waals surface area contributed by atoms with Crippen molar-refractivity contribution in [3.05, 3.63) is 35.9 Å². The number of hydrogen-bond donors (Lipinski definition) is 2. The molecule has 0 radical (unpaired) electrons. The number of carbonyl (C=O) groups is 1. The van der Waals surface area contributed by atoms with Gasteiger partial charge in [-0.05, 0) is 19.4 Å². The van der Waals surface area contributed by atoms with Crippen molar-refractivity contribution in [2.45, 2.75) is 38.4 Å². The number of nitrogens with one attached hydrogen (secondary N) is 1. The molecule has 104 valence electrons. The number of aliphatic hydroxyl groups excluding tert-OH is 1. The number of ether oxygens (including phenoxy) is 2. The largest absolute Gasteiger partial charge is 0.380 e. The molecule has 1 saturated heterocycles. The molecule has 1 fully saturated rings. The Labute approximate surface area is 112 Å². The van der Waals surface area contributed by atoms with Gasteiger partial charge in [-0.2, -0.15) is 0 Å². The van der Waals surface area contributed by atoms with Crippen molar-refractivity contribution in [2.24, 2.45) is 0 Å². The van der Waals surface area contributed by atoms with Gasteiger partial charge in [0.15, 0.2) is 11.9 Å². The predicted molar refractivity (Wildman–Crippen MR) is 69.2 cm³/mol. The molecule has 0 saturated carbocycles. The first kappa shape index (κ1) is 14.0. The molecule has 2 N–H and O–H groups in total. The van der Waals surface area contributed by atoms with E-state index in [1.54, 1.807) is 13.8 Å². The molecule has 2 rings (SSSR count). The number of amides is 1. The average molecular weight is 265 g/mol. The fourth-order valence-electron chi connectivity index (χ4n) is 1.93. The van der Waals surface area contributed by atoms with E-state index in [4.69, 9.17) is 9.47 Å². The molecule has 1 aliphatic rings. The Morgan fingerprint density at radius 2 is 2.16 bits per heavy atom. The van der Waals surface area contributed by atoms with Gasteiger partial charge in [-0.15, -0.1) is 0 Å². The van der Waals surface area contributed by atoms with Crippen molar-refractivity contribution < 1.29 is 19.4 Å². The molecule has 5 nitrogen and oxygen atoms in total. The monoisotopic (exact) mass is 265 g/mol. The highest BCUT2D eigenvalue weighted by Crippen LogP contribution is 2.24. The van der Waals surface area contributed by atoms with Crippen LogP contribution in [0, 0.1) is 0 Å². The second-order valence-electron chi connectivity index (χ2n) is 5.02. The lowest BCUT2D eigenvalue weighted by Crippen LogP contribution is -2.43. The minimum atomic E-state index is -1.22. The molecule has 0 aliphatic carbocycles. The van der Waals surface area contributed by atoms with Crippen molar-refractivity contribution in [3.8, 4) is 0 Å². The minimum absolute atomic E-state index is 0.215. The zero-order chi connectivity index (χ0) is 13.9. The molecule has 0 unspecified atom stereocenters. The minimum Gasteiger partial charge on any atom is -0.380 e. The molecule has 1 amide bonds. The summed E-state index contributed by atoms with van der Waals surface area (Å²) in [6.45, 7) is 4.10. The molecular formula is C14H19NO4. The van der Waals surface area contributed by atoms with Crippen LogP contribution in [0.1, 0.15) is 19.4 Å². The number of rotatable bonds is 4. The maximum Gasteiger partial charge on any atom is 0.251 e. The van der Waals surface area contributed by atoms with Crippen LogP contribution in [0.4, 0.5) is 0 Å². The van der Waals surface area contributed by atoms with Crippen LogP contribution in [0.5, 0.6) is 0 Å². The molecule has 5 heteroatoms. The summed E-state index contributed by atoms with van der Waals surface area (Å²) in [5.74, 6) is -1.19. The van der Waals surface area contributed by atoms with Crippen LogP contribution < -0.4 is 5.32 Å². The van der Waals surface area contributed by atoms with Gasteiger partial charge in [0, 0.05) is 6.54 Å². The maximum atomic E-state index is 11.8. The van der Waals surface area contributed by atoms with Crippen LogP contribution in [0.2, 0.25) is 0 Å². The highest BCUT2D eigenvalue weighted by molar-refractivity contribution is 5.81. The molecule has 1 aromatic rings. The van der Waals surface area contributed by atoms with Gasteiger partial charge in [0.2, 0.25) is 0 Å². The third-order valence-electron chi connectivity index (χ3n) is 2.96. The summed E-state index contributed by atoms with van der Waals surface area (Å²) in [4.78, 5) is 11.8. The van der Waals surface area contributed by atoms with E-state index in [-0.39, 0.29) is 6.61 Å². The fourth-order valence-corrected chi connectivity index (χ4v) is 1.93. The van der Waals surface area contributed by atoms with E-state index in [0.29, 0.717) is 6.54 Å². The number of hydrogen-bond acceptors (Lipinski definition) is 4. The van der Waals surface area contributed by atoms with Crippen LogP contribution in [0.3, 0.4) is 0 Å². The lowest BCUT2D eigenvalue weighted by atomic mass is 10.2. The highest BCUT2D eigenvalue weighted by atomic mass is 16.7. The standard InChI is InChI=1S/C14H19NO4/c1-14(2)18-9-11(19-14)12(16)13(17)15-8-10-6-4-3-5-7-10/h3-7,11-12,16H,8-9H2,1-2H3,(H,15,17)/t11-,12-/m1/s1. The van der Waals surface area contributed by atoms with E-state index >= 15 is 0 Å². The van der Waals surface area contributed by atoms with Gasteiger partial charge in [-0.1, -0.05) is 30.3 Å². The SMILES string of the molecule is CC1(C)OC[C@H]([C@@H](O)C(=O)NCc2ccccc2)O1. The second kappa shape index (κ2) is 5.69. The Bertz CT molecular complexity index is 432. The molecule has 0 spiro atoms. The van der Waals surface area contributed by atoms with Crippen LogP contribution in [-0.2, 0) is 20.8 Å². The lowest BCUT2D eigenvalue weighted by Gasteiger charge is -2.20. The summed E-state index contributed by atoms with van der Waals surface area (Å²) in [5.41, 5.74) is 0.979. The third kappa shape index (κ3) is 3.76. The molecule has 19 heavy (non-hydrogen) atoms. The summed E-state index contributed by atoms with van der Waals surface area (Å²) in [5, 5.41) is 12.6. The van der Waals surface area contributed by atoms with Crippen molar-refractivity contribution in [2.75, 3.05) is 6.61 Å². The maximum absolute atomic E-state index is 11.8. The Hall–Kier alpha value is -1.43. The van der Waals surface area contributed by atoms with Crippen molar-refractivity contribution in [1.82, 2.24) is 5.32 Å². The van der Waals surface area contributed by atoms with E-state index in [1.165, 1.54) is 0 Å². The topological polar surface area (TPSA) is 67.8 Å². The molecule has 1 aromatic carbocycles. The highest BCUT2D eigenvalue weighted by Gasteiger charge is 2.39. The van der Waals surface area contributed by atoms with Crippen molar-refractivity contribution in [3.63, 3.8) is 0 Å². The van der Waals surface area contributed by atoms with Crippen LogP contribution >= 0.6 is 0 Å².